The van der Waals surface area contributed by atoms with E-state index in [9.17, 15) is 9.90 Å². The minimum Gasteiger partial charge on any atom is -0.391 e. The van der Waals surface area contributed by atoms with Crippen LogP contribution >= 0.6 is 0 Å². The Kier molecular flexibility index (Phi) is 4.43. The smallest absolute Gasteiger partial charge is 0.217 e. The van der Waals surface area contributed by atoms with Crippen LogP contribution < -0.4 is 5.32 Å². The molecule has 1 fully saturated rings. The van der Waals surface area contributed by atoms with Crippen LogP contribution in [0, 0.1) is 6.92 Å². The van der Waals surface area contributed by atoms with Crippen molar-refractivity contribution < 1.29 is 9.90 Å². The molecule has 1 aliphatic rings. The lowest BCUT2D eigenvalue weighted by atomic mass is 9.83. The lowest BCUT2D eigenvalue weighted by Crippen LogP contribution is -2.46. The summed E-state index contributed by atoms with van der Waals surface area (Å²) in [5.74, 6) is 1.68. The van der Waals surface area contributed by atoms with Crippen LogP contribution in [0.4, 0.5) is 0 Å². The zero-order chi connectivity index (χ0) is 16.4. The van der Waals surface area contributed by atoms with Crippen LogP contribution in [0.15, 0.2) is 30.3 Å². The Bertz CT molecular complexity index is 683. The third-order valence-electron chi connectivity index (χ3n) is 4.31. The second-order valence-corrected chi connectivity index (χ2v) is 6.15. The van der Waals surface area contributed by atoms with Crippen molar-refractivity contribution in [3.63, 3.8) is 0 Å². The van der Waals surface area contributed by atoms with Gasteiger partial charge in [0.1, 0.15) is 11.6 Å². The Labute approximate surface area is 135 Å². The van der Waals surface area contributed by atoms with E-state index in [1.807, 2.05) is 41.9 Å². The molecule has 122 valence electrons. The molecule has 0 bridgehead atoms. The van der Waals surface area contributed by atoms with E-state index in [0.717, 1.165) is 23.8 Å². The number of nitrogens with zero attached hydrogens (tertiary/aromatic N) is 3. The molecule has 23 heavy (non-hydrogen) atoms. The molecule has 1 amide bonds. The van der Waals surface area contributed by atoms with Gasteiger partial charge in [-0.05, 0) is 38.3 Å². The van der Waals surface area contributed by atoms with Gasteiger partial charge >= 0.3 is 0 Å². The average molecular weight is 314 g/mol. The summed E-state index contributed by atoms with van der Waals surface area (Å²) >= 11 is 0. The molecule has 0 spiro atoms. The van der Waals surface area contributed by atoms with Gasteiger partial charge in [-0.25, -0.2) is 9.67 Å². The van der Waals surface area contributed by atoms with Gasteiger partial charge in [0.2, 0.25) is 5.91 Å². The predicted octanol–water partition coefficient (Wildman–Crippen LogP) is 1.71. The number of aliphatic hydroxyl groups excluding tert-OH is 1. The van der Waals surface area contributed by atoms with E-state index in [2.05, 4.69) is 15.4 Å². The Balaban J connectivity index is 1.88. The molecule has 0 radical (unpaired) electrons. The fraction of sp³-hybridized carbons (Fsp3) is 0.471. The Morgan fingerprint density at radius 2 is 2.04 bits per heavy atom. The van der Waals surface area contributed by atoms with E-state index < -0.39 is 6.10 Å². The highest BCUT2D eigenvalue weighted by atomic mass is 16.3. The third-order valence-corrected chi connectivity index (χ3v) is 4.31. The summed E-state index contributed by atoms with van der Waals surface area (Å²) in [6, 6.07) is 9.69. The molecular weight excluding hydrogens is 292 g/mol. The highest BCUT2D eigenvalue weighted by molar-refractivity contribution is 5.73. The number of aromatic nitrogens is 3. The predicted molar refractivity (Wildman–Crippen MR) is 86.3 cm³/mol. The highest BCUT2D eigenvalue weighted by Crippen LogP contribution is 2.33. The molecule has 1 aromatic heterocycles. The molecule has 3 atom stereocenters. The number of amides is 1. The van der Waals surface area contributed by atoms with Crippen molar-refractivity contribution in [1.82, 2.24) is 20.1 Å². The van der Waals surface area contributed by atoms with Crippen LogP contribution in [-0.2, 0) is 4.79 Å². The van der Waals surface area contributed by atoms with Gasteiger partial charge < -0.3 is 10.4 Å². The summed E-state index contributed by atoms with van der Waals surface area (Å²) in [5, 5.41) is 17.5. The van der Waals surface area contributed by atoms with Crippen molar-refractivity contribution in [3.8, 4) is 5.69 Å². The molecule has 3 rings (SSSR count). The molecule has 0 saturated heterocycles. The Hall–Kier alpha value is -2.21. The van der Waals surface area contributed by atoms with Crippen molar-refractivity contribution in [3.05, 3.63) is 42.0 Å². The van der Waals surface area contributed by atoms with E-state index >= 15 is 0 Å². The minimum absolute atomic E-state index is 0.115. The number of para-hydroxylation sites is 1. The van der Waals surface area contributed by atoms with Crippen LogP contribution in [0.2, 0.25) is 0 Å². The van der Waals surface area contributed by atoms with E-state index in [0.29, 0.717) is 12.8 Å². The fourth-order valence-electron chi connectivity index (χ4n) is 3.26. The Morgan fingerprint density at radius 1 is 1.30 bits per heavy atom. The first-order valence-electron chi connectivity index (χ1n) is 7.98. The number of aryl methyl sites for hydroxylation is 1. The fourth-order valence-corrected chi connectivity index (χ4v) is 3.26. The summed E-state index contributed by atoms with van der Waals surface area (Å²) in [7, 11) is 0. The van der Waals surface area contributed by atoms with Gasteiger partial charge in [0, 0.05) is 12.8 Å². The summed E-state index contributed by atoms with van der Waals surface area (Å²) in [6.45, 7) is 3.36. The topological polar surface area (TPSA) is 80.0 Å². The molecule has 1 aromatic carbocycles. The van der Waals surface area contributed by atoms with Gasteiger partial charge in [0.05, 0.1) is 17.8 Å². The minimum atomic E-state index is -0.496. The molecular formula is C17H22N4O2. The largest absolute Gasteiger partial charge is 0.391 e. The average Bonchev–Trinajstić information content (AvgIpc) is 2.92. The van der Waals surface area contributed by atoms with Crippen molar-refractivity contribution in [1.29, 1.82) is 0 Å². The Morgan fingerprint density at radius 3 is 2.74 bits per heavy atom. The second kappa shape index (κ2) is 6.50. The summed E-state index contributed by atoms with van der Waals surface area (Å²) < 4.78 is 1.88. The SMILES string of the molecule is CC(=O)N[C@@H]1C[C@@H](c2nc(C)nn2-c2ccccc2)CC[C@H]1O. The van der Waals surface area contributed by atoms with Crippen LogP contribution in [0.3, 0.4) is 0 Å². The maximum atomic E-state index is 11.3. The maximum absolute atomic E-state index is 11.3. The first kappa shape index (κ1) is 15.7. The number of benzene rings is 1. The van der Waals surface area contributed by atoms with Gasteiger partial charge in [-0.3, -0.25) is 4.79 Å². The van der Waals surface area contributed by atoms with E-state index in [4.69, 9.17) is 0 Å². The van der Waals surface area contributed by atoms with Gasteiger partial charge in [-0.1, -0.05) is 18.2 Å². The van der Waals surface area contributed by atoms with Crippen LogP contribution in [-0.4, -0.2) is 37.9 Å². The summed E-state index contributed by atoms with van der Waals surface area (Å²) in [6.07, 6.45) is 1.66. The number of nitrogens with one attached hydrogen (secondary N) is 1. The number of hydrogen-bond acceptors (Lipinski definition) is 4. The van der Waals surface area contributed by atoms with Crippen LogP contribution in [0.5, 0.6) is 0 Å². The van der Waals surface area contributed by atoms with Gasteiger partial charge in [0.15, 0.2) is 0 Å². The quantitative estimate of drug-likeness (QED) is 0.904. The van der Waals surface area contributed by atoms with E-state index in [-0.39, 0.29) is 17.9 Å². The number of aliphatic hydroxyl groups is 1. The molecule has 1 saturated carbocycles. The van der Waals surface area contributed by atoms with Crippen LogP contribution in [0.1, 0.15) is 43.8 Å². The second-order valence-electron chi connectivity index (χ2n) is 6.15. The zero-order valence-electron chi connectivity index (χ0n) is 13.4. The number of hydrogen-bond donors (Lipinski definition) is 2. The van der Waals surface area contributed by atoms with E-state index in [1.54, 1.807) is 0 Å². The normalized spacial score (nSPS) is 24.4. The molecule has 1 heterocycles. The number of rotatable bonds is 3. The molecule has 0 unspecified atom stereocenters. The monoisotopic (exact) mass is 314 g/mol. The van der Waals surface area contributed by atoms with Crippen molar-refractivity contribution in [2.24, 2.45) is 0 Å². The molecule has 0 aliphatic heterocycles. The summed E-state index contributed by atoms with van der Waals surface area (Å²) in [5.41, 5.74) is 0.977. The number of carbonyl (C=O) groups excluding carboxylic acids is 1. The van der Waals surface area contributed by atoms with Gasteiger partial charge in [-0.15, -0.1) is 0 Å². The summed E-state index contributed by atoms with van der Waals surface area (Å²) in [4.78, 5) is 15.9. The maximum Gasteiger partial charge on any atom is 0.217 e. The lowest BCUT2D eigenvalue weighted by molar-refractivity contribution is -0.121. The van der Waals surface area contributed by atoms with Crippen molar-refractivity contribution >= 4 is 5.91 Å². The zero-order valence-corrected chi connectivity index (χ0v) is 13.4. The van der Waals surface area contributed by atoms with E-state index in [1.165, 1.54) is 6.92 Å². The number of carbonyl (C=O) groups is 1. The van der Waals surface area contributed by atoms with Crippen molar-refractivity contribution in [2.75, 3.05) is 0 Å². The van der Waals surface area contributed by atoms with Gasteiger partial charge in [-0.2, -0.15) is 5.10 Å². The molecule has 1 aliphatic carbocycles. The first-order valence-corrected chi connectivity index (χ1v) is 7.98. The standard InChI is InChI=1S/C17H22N4O2/c1-11-18-17(21(20-11)14-6-4-3-5-7-14)13-8-9-16(23)15(10-13)19-12(2)22/h3-7,13,15-16,23H,8-10H2,1-2H3,(H,19,22)/t13-,15+,16+/m0/s1. The molecule has 6 heteroatoms. The third kappa shape index (κ3) is 3.42. The van der Waals surface area contributed by atoms with Crippen molar-refractivity contribution in [2.45, 2.75) is 51.2 Å². The van der Waals surface area contributed by atoms with Crippen LogP contribution in [0.25, 0.3) is 5.69 Å². The highest BCUT2D eigenvalue weighted by Gasteiger charge is 2.33. The van der Waals surface area contributed by atoms with Gasteiger partial charge in [0.25, 0.3) is 0 Å². The lowest BCUT2D eigenvalue weighted by Gasteiger charge is -2.33. The first-order chi connectivity index (χ1) is 11.0. The molecule has 2 aromatic rings. The molecule has 2 N–H and O–H groups in total. The molecule has 6 nitrogen and oxygen atoms in total.